The SMILES string of the molecule is Cc1cc(-c2c(OC[C@@H](C)O)nc(N)nc2-c2ccc(F)cc2)cc(C(F)F)n1. The van der Waals surface area contributed by atoms with Crippen molar-refractivity contribution >= 4 is 5.95 Å². The van der Waals surface area contributed by atoms with Crippen LogP contribution in [0.15, 0.2) is 36.4 Å². The first kappa shape index (κ1) is 20.5. The lowest BCUT2D eigenvalue weighted by molar-refractivity contribution is 0.120. The number of aliphatic hydroxyl groups excluding tert-OH is 1. The van der Waals surface area contributed by atoms with E-state index in [1.165, 1.54) is 37.3 Å². The maximum absolute atomic E-state index is 13.4. The minimum Gasteiger partial charge on any atom is -0.474 e. The van der Waals surface area contributed by atoms with Gasteiger partial charge in [0.1, 0.15) is 18.1 Å². The van der Waals surface area contributed by atoms with Crippen molar-refractivity contribution in [2.24, 2.45) is 0 Å². The number of aromatic nitrogens is 3. The van der Waals surface area contributed by atoms with Gasteiger partial charge in [0.2, 0.25) is 11.8 Å². The number of ether oxygens (including phenoxy) is 1. The van der Waals surface area contributed by atoms with E-state index < -0.39 is 24.0 Å². The number of alkyl halides is 2. The molecule has 29 heavy (non-hydrogen) atoms. The Hall–Kier alpha value is -3.20. The van der Waals surface area contributed by atoms with Crippen molar-refractivity contribution in [1.82, 2.24) is 15.0 Å². The second-order valence-electron chi connectivity index (χ2n) is 6.50. The third-order valence-corrected chi connectivity index (χ3v) is 3.96. The topological polar surface area (TPSA) is 94.2 Å². The molecule has 0 amide bonds. The monoisotopic (exact) mass is 404 g/mol. The first-order valence-electron chi connectivity index (χ1n) is 8.76. The lowest BCUT2D eigenvalue weighted by Gasteiger charge is -2.17. The van der Waals surface area contributed by atoms with Crippen LogP contribution in [0.4, 0.5) is 19.1 Å². The Labute approximate surface area is 165 Å². The molecular formula is C20H19F3N4O2. The van der Waals surface area contributed by atoms with Gasteiger partial charge in [0, 0.05) is 11.3 Å². The number of nitrogens with two attached hydrogens (primary N) is 1. The highest BCUT2D eigenvalue weighted by Gasteiger charge is 2.21. The number of aryl methyl sites for hydroxylation is 1. The third-order valence-electron chi connectivity index (χ3n) is 3.96. The summed E-state index contributed by atoms with van der Waals surface area (Å²) in [5.41, 5.74) is 7.17. The van der Waals surface area contributed by atoms with Crippen molar-refractivity contribution in [2.75, 3.05) is 12.3 Å². The molecule has 0 fully saturated rings. The summed E-state index contributed by atoms with van der Waals surface area (Å²) in [5.74, 6) is -0.542. The van der Waals surface area contributed by atoms with Crippen LogP contribution in [-0.2, 0) is 0 Å². The van der Waals surface area contributed by atoms with Gasteiger partial charge in [-0.05, 0) is 55.8 Å². The zero-order chi connectivity index (χ0) is 21.1. The Morgan fingerprint density at radius 2 is 1.76 bits per heavy atom. The maximum atomic E-state index is 13.4. The highest BCUT2D eigenvalue weighted by molar-refractivity contribution is 5.85. The van der Waals surface area contributed by atoms with Crippen LogP contribution in [0.5, 0.6) is 5.88 Å². The Balaban J connectivity index is 2.28. The normalized spacial score (nSPS) is 12.2. The number of aliphatic hydroxyl groups is 1. The molecule has 0 unspecified atom stereocenters. The molecule has 2 aromatic heterocycles. The van der Waals surface area contributed by atoms with Gasteiger partial charge in [0.05, 0.1) is 17.4 Å². The van der Waals surface area contributed by atoms with Gasteiger partial charge in [-0.2, -0.15) is 4.98 Å². The zero-order valence-corrected chi connectivity index (χ0v) is 15.7. The summed E-state index contributed by atoms with van der Waals surface area (Å²) in [6.07, 6.45) is -3.58. The van der Waals surface area contributed by atoms with Gasteiger partial charge in [0.25, 0.3) is 6.43 Å². The molecule has 3 N–H and O–H groups in total. The van der Waals surface area contributed by atoms with Crippen molar-refractivity contribution in [3.8, 4) is 28.3 Å². The van der Waals surface area contributed by atoms with Gasteiger partial charge in [-0.15, -0.1) is 0 Å². The van der Waals surface area contributed by atoms with Gasteiger partial charge in [0.15, 0.2) is 0 Å². The Morgan fingerprint density at radius 1 is 1.07 bits per heavy atom. The number of hydrogen-bond acceptors (Lipinski definition) is 6. The lowest BCUT2D eigenvalue weighted by atomic mass is 9.99. The fourth-order valence-corrected chi connectivity index (χ4v) is 2.79. The van der Waals surface area contributed by atoms with Crippen molar-refractivity contribution in [3.05, 3.63) is 53.6 Å². The molecule has 152 valence electrons. The number of pyridine rings is 1. The van der Waals surface area contributed by atoms with E-state index in [2.05, 4.69) is 15.0 Å². The molecule has 0 radical (unpaired) electrons. The molecule has 0 saturated heterocycles. The lowest BCUT2D eigenvalue weighted by Crippen LogP contribution is -2.15. The summed E-state index contributed by atoms with van der Waals surface area (Å²) in [7, 11) is 0. The van der Waals surface area contributed by atoms with Crippen molar-refractivity contribution in [1.29, 1.82) is 0 Å². The summed E-state index contributed by atoms with van der Waals surface area (Å²) >= 11 is 0. The van der Waals surface area contributed by atoms with E-state index in [1.807, 2.05) is 0 Å². The predicted molar refractivity (Wildman–Crippen MR) is 102 cm³/mol. The van der Waals surface area contributed by atoms with Crippen molar-refractivity contribution in [3.63, 3.8) is 0 Å². The van der Waals surface area contributed by atoms with Crippen LogP contribution in [0.2, 0.25) is 0 Å². The minimum absolute atomic E-state index is 0.0172. The number of nitrogen functional groups attached to an aromatic ring is 1. The summed E-state index contributed by atoms with van der Waals surface area (Å²) < 4.78 is 45.6. The van der Waals surface area contributed by atoms with E-state index >= 15 is 0 Å². The number of rotatable bonds is 6. The summed E-state index contributed by atoms with van der Waals surface area (Å²) in [4.78, 5) is 12.2. The van der Waals surface area contributed by atoms with E-state index in [4.69, 9.17) is 10.5 Å². The number of anilines is 1. The number of nitrogens with zero attached hydrogens (tertiary/aromatic N) is 3. The molecule has 3 rings (SSSR count). The molecular weight excluding hydrogens is 385 g/mol. The number of hydrogen-bond donors (Lipinski definition) is 2. The fraction of sp³-hybridized carbons (Fsp3) is 0.250. The number of halogens is 3. The highest BCUT2D eigenvalue weighted by atomic mass is 19.3. The molecule has 6 nitrogen and oxygen atoms in total. The van der Waals surface area contributed by atoms with Gasteiger partial charge < -0.3 is 15.6 Å². The molecule has 0 aliphatic heterocycles. The van der Waals surface area contributed by atoms with E-state index in [0.717, 1.165) is 0 Å². The predicted octanol–water partition coefficient (Wildman–Crippen LogP) is 3.93. The van der Waals surface area contributed by atoms with E-state index in [9.17, 15) is 18.3 Å². The first-order valence-corrected chi connectivity index (χ1v) is 8.76. The van der Waals surface area contributed by atoms with E-state index in [0.29, 0.717) is 22.4 Å². The average molecular weight is 404 g/mol. The number of benzene rings is 1. The van der Waals surface area contributed by atoms with E-state index in [-0.39, 0.29) is 24.1 Å². The van der Waals surface area contributed by atoms with E-state index in [1.54, 1.807) is 13.0 Å². The van der Waals surface area contributed by atoms with Gasteiger partial charge in [-0.3, -0.25) is 4.98 Å². The molecule has 0 spiro atoms. The van der Waals surface area contributed by atoms with Gasteiger partial charge >= 0.3 is 0 Å². The van der Waals surface area contributed by atoms with Crippen LogP contribution in [0, 0.1) is 12.7 Å². The second kappa shape index (κ2) is 8.44. The first-order chi connectivity index (χ1) is 13.7. The fourth-order valence-electron chi connectivity index (χ4n) is 2.79. The average Bonchev–Trinajstić information content (AvgIpc) is 2.65. The van der Waals surface area contributed by atoms with Crippen molar-refractivity contribution in [2.45, 2.75) is 26.4 Å². The summed E-state index contributed by atoms with van der Waals surface area (Å²) in [6, 6.07) is 8.27. The molecule has 9 heteroatoms. The van der Waals surface area contributed by atoms with Gasteiger partial charge in [-0.25, -0.2) is 18.2 Å². The smallest absolute Gasteiger partial charge is 0.280 e. The molecule has 0 aliphatic carbocycles. The van der Waals surface area contributed by atoms with Crippen LogP contribution in [0.3, 0.4) is 0 Å². The van der Waals surface area contributed by atoms with Crippen LogP contribution in [0.1, 0.15) is 24.7 Å². The third kappa shape index (κ3) is 4.80. The minimum atomic E-state index is -2.78. The highest BCUT2D eigenvalue weighted by Crippen LogP contribution is 2.39. The second-order valence-corrected chi connectivity index (χ2v) is 6.50. The Morgan fingerprint density at radius 3 is 2.38 bits per heavy atom. The summed E-state index contributed by atoms with van der Waals surface area (Å²) in [5, 5.41) is 9.57. The van der Waals surface area contributed by atoms with Crippen LogP contribution >= 0.6 is 0 Å². The molecule has 0 bridgehead atoms. The molecule has 3 aromatic rings. The largest absolute Gasteiger partial charge is 0.474 e. The summed E-state index contributed by atoms with van der Waals surface area (Å²) in [6.45, 7) is 3.01. The van der Waals surface area contributed by atoms with Crippen molar-refractivity contribution < 1.29 is 23.0 Å². The standard InChI is InChI=1S/C20H19F3N4O2/c1-10-7-13(8-15(25-10)18(22)23)16-17(12-3-5-14(21)6-4-12)26-20(24)27-19(16)29-9-11(2)28/h3-8,11,18,28H,9H2,1-2H3,(H2,24,26,27)/t11-/m1/s1. The van der Waals surface area contributed by atoms with Crippen LogP contribution in [-0.4, -0.2) is 32.8 Å². The quantitative estimate of drug-likeness (QED) is 0.647. The molecule has 1 aromatic carbocycles. The molecule has 1 atom stereocenters. The molecule has 0 saturated carbocycles. The van der Waals surface area contributed by atoms with Gasteiger partial charge in [-0.1, -0.05) is 0 Å². The maximum Gasteiger partial charge on any atom is 0.280 e. The Bertz CT molecular complexity index is 1010. The molecule has 2 heterocycles. The van der Waals surface area contributed by atoms with Crippen LogP contribution < -0.4 is 10.5 Å². The Kier molecular flexibility index (Phi) is 5.97. The zero-order valence-electron chi connectivity index (χ0n) is 15.7. The van der Waals surface area contributed by atoms with Crippen LogP contribution in [0.25, 0.3) is 22.4 Å². The molecule has 0 aliphatic rings.